The third-order valence-electron chi connectivity index (χ3n) is 4.27. The van der Waals surface area contributed by atoms with Gasteiger partial charge in [0.15, 0.2) is 5.96 Å². The van der Waals surface area contributed by atoms with E-state index in [1.165, 1.54) is 12.8 Å². The van der Waals surface area contributed by atoms with Gasteiger partial charge in [-0.05, 0) is 18.3 Å². The number of hydrogen-bond acceptors (Lipinski definition) is 3. The van der Waals surface area contributed by atoms with Crippen LogP contribution in [0, 0.1) is 5.41 Å². The summed E-state index contributed by atoms with van der Waals surface area (Å²) in [4.78, 5) is 17.8. The average Bonchev–Trinajstić information content (AvgIpc) is 2.95. The van der Waals surface area contributed by atoms with Crippen LogP contribution in [-0.2, 0) is 9.53 Å². The number of ether oxygens (including phenoxy) is 1. The molecule has 6 heteroatoms. The second-order valence-electron chi connectivity index (χ2n) is 7.55. The van der Waals surface area contributed by atoms with Crippen molar-refractivity contribution < 1.29 is 9.53 Å². The van der Waals surface area contributed by atoms with Crippen LogP contribution in [0.4, 0.5) is 0 Å². The van der Waals surface area contributed by atoms with Gasteiger partial charge >= 0.3 is 0 Å². The Balaban J connectivity index is 2.65. The van der Waals surface area contributed by atoms with Gasteiger partial charge in [0.1, 0.15) is 6.54 Å². The maximum absolute atomic E-state index is 11.8. The number of methoxy groups -OCH3 is 1. The average molecular weight is 326 g/mol. The molecular weight excluding hydrogens is 292 g/mol. The van der Waals surface area contributed by atoms with Crippen LogP contribution in [0.1, 0.15) is 46.5 Å². The van der Waals surface area contributed by atoms with Crippen molar-refractivity contribution >= 4 is 11.9 Å². The summed E-state index contributed by atoms with van der Waals surface area (Å²) < 4.78 is 5.58. The topological polar surface area (TPSA) is 66.0 Å². The van der Waals surface area contributed by atoms with E-state index in [1.54, 1.807) is 26.1 Å². The highest BCUT2D eigenvalue weighted by Crippen LogP contribution is 2.21. The van der Waals surface area contributed by atoms with Gasteiger partial charge in [-0.1, -0.05) is 33.6 Å². The SMILES string of the molecule is COC(CNC(=NCC(=O)N(C)C)NC1CCCC1)C(C)(C)C. The minimum absolute atomic E-state index is 0.00312. The van der Waals surface area contributed by atoms with Crippen molar-refractivity contribution in [1.82, 2.24) is 15.5 Å². The lowest BCUT2D eigenvalue weighted by molar-refractivity contribution is -0.127. The van der Waals surface area contributed by atoms with Crippen molar-refractivity contribution in [3.8, 4) is 0 Å². The highest BCUT2D eigenvalue weighted by atomic mass is 16.5. The molecule has 0 radical (unpaired) electrons. The number of hydrogen-bond donors (Lipinski definition) is 2. The maximum Gasteiger partial charge on any atom is 0.243 e. The summed E-state index contributed by atoms with van der Waals surface area (Å²) in [6.45, 7) is 7.27. The van der Waals surface area contributed by atoms with Crippen molar-refractivity contribution in [3.63, 3.8) is 0 Å². The van der Waals surface area contributed by atoms with E-state index in [-0.39, 0.29) is 24.0 Å². The Morgan fingerprint density at radius 3 is 2.39 bits per heavy atom. The van der Waals surface area contributed by atoms with Crippen LogP contribution < -0.4 is 10.6 Å². The van der Waals surface area contributed by atoms with E-state index in [4.69, 9.17) is 4.74 Å². The molecule has 1 unspecified atom stereocenters. The number of amides is 1. The van der Waals surface area contributed by atoms with Crippen molar-refractivity contribution in [2.45, 2.75) is 58.6 Å². The molecule has 0 aromatic heterocycles. The molecule has 0 aliphatic heterocycles. The van der Waals surface area contributed by atoms with E-state index in [0.717, 1.165) is 12.8 Å². The third-order valence-corrected chi connectivity index (χ3v) is 4.27. The number of carbonyl (C=O) groups excluding carboxylic acids is 1. The predicted molar refractivity (Wildman–Crippen MR) is 94.6 cm³/mol. The molecule has 1 rings (SSSR count). The molecular formula is C17H34N4O2. The molecule has 1 aliphatic carbocycles. The fraction of sp³-hybridized carbons (Fsp3) is 0.882. The second-order valence-corrected chi connectivity index (χ2v) is 7.55. The minimum atomic E-state index is -0.00312. The Hall–Kier alpha value is -1.30. The molecule has 0 spiro atoms. The molecule has 6 nitrogen and oxygen atoms in total. The molecule has 0 bridgehead atoms. The van der Waals surface area contributed by atoms with E-state index < -0.39 is 0 Å². The lowest BCUT2D eigenvalue weighted by Crippen LogP contribution is -2.48. The van der Waals surface area contributed by atoms with Gasteiger partial charge in [0.05, 0.1) is 6.10 Å². The number of aliphatic imine (C=N–C) groups is 1. The maximum atomic E-state index is 11.8. The van der Waals surface area contributed by atoms with E-state index in [9.17, 15) is 4.79 Å². The first-order valence-electron chi connectivity index (χ1n) is 8.52. The lowest BCUT2D eigenvalue weighted by atomic mass is 9.89. The number of nitrogens with one attached hydrogen (secondary N) is 2. The first kappa shape index (κ1) is 19.7. The molecule has 1 fully saturated rings. The first-order valence-corrected chi connectivity index (χ1v) is 8.52. The lowest BCUT2D eigenvalue weighted by Gasteiger charge is -2.30. The molecule has 0 heterocycles. The molecule has 23 heavy (non-hydrogen) atoms. The zero-order valence-corrected chi connectivity index (χ0v) is 15.6. The molecule has 0 aromatic rings. The zero-order chi connectivity index (χ0) is 17.5. The Morgan fingerprint density at radius 1 is 1.30 bits per heavy atom. The van der Waals surface area contributed by atoms with Gasteiger partial charge in [-0.3, -0.25) is 4.79 Å². The summed E-state index contributed by atoms with van der Waals surface area (Å²) in [6.07, 6.45) is 4.90. The summed E-state index contributed by atoms with van der Waals surface area (Å²) in [5.41, 5.74) is 0.0413. The van der Waals surface area contributed by atoms with Crippen LogP contribution in [0.3, 0.4) is 0 Å². The molecule has 1 atom stereocenters. The van der Waals surface area contributed by atoms with Crippen molar-refractivity contribution in [2.75, 3.05) is 34.3 Å². The largest absolute Gasteiger partial charge is 0.379 e. The summed E-state index contributed by atoms with van der Waals surface area (Å²) in [5, 5.41) is 6.80. The second kappa shape index (κ2) is 9.11. The Kier molecular flexibility index (Phi) is 7.82. The number of nitrogens with zero attached hydrogens (tertiary/aromatic N) is 2. The predicted octanol–water partition coefficient (Wildman–Crippen LogP) is 1.61. The van der Waals surface area contributed by atoms with Crippen LogP contribution in [0.2, 0.25) is 0 Å². The normalized spacial score (nSPS) is 17.9. The van der Waals surface area contributed by atoms with E-state index in [1.807, 2.05) is 0 Å². The number of rotatable bonds is 6. The van der Waals surface area contributed by atoms with Crippen molar-refractivity contribution in [1.29, 1.82) is 0 Å². The van der Waals surface area contributed by atoms with Crippen LogP contribution in [-0.4, -0.2) is 63.2 Å². The van der Waals surface area contributed by atoms with Crippen LogP contribution >= 0.6 is 0 Å². The Morgan fingerprint density at radius 2 is 1.91 bits per heavy atom. The first-order chi connectivity index (χ1) is 10.7. The molecule has 1 aliphatic rings. The minimum Gasteiger partial charge on any atom is -0.379 e. The molecule has 1 amide bonds. The summed E-state index contributed by atoms with van der Waals surface area (Å²) >= 11 is 0. The fourth-order valence-electron chi connectivity index (χ4n) is 2.64. The molecule has 2 N–H and O–H groups in total. The third kappa shape index (κ3) is 7.20. The fourth-order valence-corrected chi connectivity index (χ4v) is 2.64. The number of likely N-dealkylation sites (N-methyl/N-ethyl adjacent to an activating group) is 1. The van der Waals surface area contributed by atoms with Crippen LogP contribution in [0.15, 0.2) is 4.99 Å². The summed E-state index contributed by atoms with van der Waals surface area (Å²) in [7, 11) is 5.22. The van der Waals surface area contributed by atoms with Gasteiger partial charge in [-0.2, -0.15) is 0 Å². The van der Waals surface area contributed by atoms with Gasteiger partial charge in [0.25, 0.3) is 0 Å². The van der Waals surface area contributed by atoms with Gasteiger partial charge in [-0.25, -0.2) is 4.99 Å². The van der Waals surface area contributed by atoms with E-state index in [0.29, 0.717) is 18.5 Å². The number of carbonyl (C=O) groups is 1. The van der Waals surface area contributed by atoms with Gasteiger partial charge in [-0.15, -0.1) is 0 Å². The Bertz CT molecular complexity index is 396. The van der Waals surface area contributed by atoms with Crippen LogP contribution in [0.5, 0.6) is 0 Å². The Labute approximate surface area is 141 Å². The van der Waals surface area contributed by atoms with Gasteiger partial charge in [0, 0.05) is 33.8 Å². The quantitative estimate of drug-likeness (QED) is 0.575. The number of guanidine groups is 1. The van der Waals surface area contributed by atoms with Crippen molar-refractivity contribution in [2.24, 2.45) is 10.4 Å². The van der Waals surface area contributed by atoms with E-state index >= 15 is 0 Å². The van der Waals surface area contributed by atoms with Crippen molar-refractivity contribution in [3.05, 3.63) is 0 Å². The van der Waals surface area contributed by atoms with Gasteiger partial charge in [0.2, 0.25) is 5.91 Å². The molecule has 0 aromatic carbocycles. The zero-order valence-electron chi connectivity index (χ0n) is 15.6. The standard InChI is InChI=1S/C17H34N4O2/c1-17(2,3)14(23-6)11-18-16(19-12-15(22)21(4)5)20-13-9-7-8-10-13/h13-14H,7-12H2,1-6H3,(H2,18,19,20). The monoisotopic (exact) mass is 326 g/mol. The van der Waals surface area contributed by atoms with Gasteiger partial charge < -0.3 is 20.3 Å². The highest BCUT2D eigenvalue weighted by Gasteiger charge is 2.25. The molecule has 0 saturated heterocycles. The molecule has 1 saturated carbocycles. The highest BCUT2D eigenvalue weighted by molar-refractivity contribution is 5.85. The van der Waals surface area contributed by atoms with E-state index in [2.05, 4.69) is 36.4 Å². The van der Waals surface area contributed by atoms with Crippen LogP contribution in [0.25, 0.3) is 0 Å². The smallest absolute Gasteiger partial charge is 0.243 e. The molecule has 134 valence electrons. The summed E-state index contributed by atoms with van der Waals surface area (Å²) in [5.74, 6) is 0.704. The summed E-state index contributed by atoms with van der Waals surface area (Å²) in [6, 6.07) is 0.450.